The molecule has 5 heteroatoms. The number of carbonyl (C=O) groups is 1. The van der Waals surface area contributed by atoms with Crippen LogP contribution in [0.25, 0.3) is 16.9 Å². The first-order valence-electron chi connectivity index (χ1n) is 7.80. The summed E-state index contributed by atoms with van der Waals surface area (Å²) >= 11 is 0. The second kappa shape index (κ2) is 6.62. The lowest BCUT2D eigenvalue weighted by atomic mass is 10.0. The average Bonchev–Trinajstić information content (AvgIpc) is 3.02. The van der Waals surface area contributed by atoms with Gasteiger partial charge in [-0.1, -0.05) is 29.8 Å². The topological polar surface area (TPSA) is 67.9 Å². The van der Waals surface area contributed by atoms with E-state index in [1.165, 1.54) is 6.92 Å². The highest BCUT2D eigenvalue weighted by molar-refractivity contribution is 5.97. The summed E-state index contributed by atoms with van der Waals surface area (Å²) in [6.07, 6.45) is 0. The molecular weight excluding hydrogens is 314 g/mol. The van der Waals surface area contributed by atoms with E-state index in [2.05, 4.69) is 11.2 Å². The minimum atomic E-state index is -0.239. The Bertz CT molecular complexity index is 962. The summed E-state index contributed by atoms with van der Waals surface area (Å²) in [6.45, 7) is 3.41. The number of Topliss-reactive ketones (excluding diaryl/α,β-unsaturated/α-hetero) is 1. The minimum absolute atomic E-state index is 0.175. The maximum atomic E-state index is 12.0. The van der Waals surface area contributed by atoms with Gasteiger partial charge in [-0.3, -0.25) is 4.79 Å². The van der Waals surface area contributed by atoms with Gasteiger partial charge in [-0.15, -0.1) is 0 Å². The number of ketones is 1. The normalized spacial score (nSPS) is 10.3. The van der Waals surface area contributed by atoms with Gasteiger partial charge in [0.05, 0.1) is 18.5 Å². The summed E-state index contributed by atoms with van der Waals surface area (Å²) in [5.74, 6) is 0.484. The van der Waals surface area contributed by atoms with E-state index in [0.717, 1.165) is 22.6 Å². The summed E-state index contributed by atoms with van der Waals surface area (Å²) < 4.78 is 6.82. The lowest BCUT2D eigenvalue weighted by molar-refractivity contribution is 0.101. The Labute approximate surface area is 146 Å². The van der Waals surface area contributed by atoms with Gasteiger partial charge in [0.1, 0.15) is 23.1 Å². The van der Waals surface area contributed by atoms with Crippen molar-refractivity contribution >= 4 is 5.78 Å². The SMILES string of the molecule is COc1ccc(-n2nc(C(C)=O)c(C#N)c2-c2ccc(C)cc2)cc1. The standard InChI is InChI=1S/C20H17N3O2/c1-13-4-6-15(7-5-13)20-18(12-21)19(14(2)24)22-23(20)16-8-10-17(25-3)11-9-16/h4-11H,1-3H3. The fourth-order valence-electron chi connectivity index (χ4n) is 2.66. The molecule has 0 atom stereocenters. The molecule has 0 radical (unpaired) electrons. The molecule has 124 valence electrons. The Balaban J connectivity index is 2.28. The summed E-state index contributed by atoms with van der Waals surface area (Å²) in [6, 6.07) is 17.2. The number of hydrogen-bond donors (Lipinski definition) is 0. The molecule has 0 bridgehead atoms. The van der Waals surface area contributed by atoms with Crippen LogP contribution in [0.1, 0.15) is 28.5 Å². The molecule has 0 aliphatic rings. The van der Waals surface area contributed by atoms with Crippen molar-refractivity contribution in [3.05, 3.63) is 65.4 Å². The predicted molar refractivity (Wildman–Crippen MR) is 95.0 cm³/mol. The Morgan fingerprint density at radius 2 is 1.76 bits per heavy atom. The molecule has 0 fully saturated rings. The van der Waals surface area contributed by atoms with Gasteiger partial charge in [0, 0.05) is 12.5 Å². The van der Waals surface area contributed by atoms with Crippen molar-refractivity contribution in [1.82, 2.24) is 9.78 Å². The predicted octanol–water partition coefficient (Wildman–Crippen LogP) is 3.93. The first kappa shape index (κ1) is 16.5. The first-order chi connectivity index (χ1) is 12.0. The number of benzene rings is 2. The van der Waals surface area contributed by atoms with Gasteiger partial charge in [-0.25, -0.2) is 4.68 Å². The monoisotopic (exact) mass is 331 g/mol. The highest BCUT2D eigenvalue weighted by Gasteiger charge is 2.22. The zero-order valence-electron chi connectivity index (χ0n) is 14.3. The van der Waals surface area contributed by atoms with Crippen LogP contribution in [0.5, 0.6) is 5.75 Å². The van der Waals surface area contributed by atoms with Crippen LogP contribution in [0.2, 0.25) is 0 Å². The molecule has 1 aromatic heterocycles. The number of aromatic nitrogens is 2. The molecule has 1 heterocycles. The zero-order valence-corrected chi connectivity index (χ0v) is 14.3. The van der Waals surface area contributed by atoms with Crippen LogP contribution < -0.4 is 4.74 Å². The van der Waals surface area contributed by atoms with Gasteiger partial charge < -0.3 is 4.74 Å². The fraction of sp³-hybridized carbons (Fsp3) is 0.150. The van der Waals surface area contributed by atoms with Crippen molar-refractivity contribution in [2.24, 2.45) is 0 Å². The number of carbonyl (C=O) groups excluding carboxylic acids is 1. The van der Waals surface area contributed by atoms with Crippen molar-refractivity contribution in [3.8, 4) is 28.8 Å². The average molecular weight is 331 g/mol. The number of nitrogens with zero attached hydrogens (tertiary/aromatic N) is 3. The van der Waals surface area contributed by atoms with Crippen molar-refractivity contribution in [3.63, 3.8) is 0 Å². The van der Waals surface area contributed by atoms with E-state index in [-0.39, 0.29) is 17.0 Å². The fourth-order valence-corrected chi connectivity index (χ4v) is 2.66. The first-order valence-corrected chi connectivity index (χ1v) is 7.80. The van der Waals surface area contributed by atoms with Gasteiger partial charge in [0.25, 0.3) is 0 Å². The van der Waals surface area contributed by atoms with Crippen LogP contribution in [0.15, 0.2) is 48.5 Å². The van der Waals surface area contributed by atoms with Crippen LogP contribution >= 0.6 is 0 Å². The third-order valence-electron chi connectivity index (χ3n) is 3.97. The highest BCUT2D eigenvalue weighted by atomic mass is 16.5. The van der Waals surface area contributed by atoms with E-state index < -0.39 is 0 Å². The lowest BCUT2D eigenvalue weighted by Gasteiger charge is -2.09. The Morgan fingerprint density at radius 3 is 2.28 bits per heavy atom. The van der Waals surface area contributed by atoms with E-state index in [9.17, 15) is 10.1 Å². The quantitative estimate of drug-likeness (QED) is 0.679. The number of methoxy groups -OCH3 is 1. The summed E-state index contributed by atoms with van der Waals surface area (Å²) in [4.78, 5) is 12.0. The number of nitriles is 1. The minimum Gasteiger partial charge on any atom is -0.497 e. The molecule has 0 aliphatic carbocycles. The number of ether oxygens (including phenoxy) is 1. The van der Waals surface area contributed by atoms with E-state index >= 15 is 0 Å². The van der Waals surface area contributed by atoms with Crippen molar-refractivity contribution < 1.29 is 9.53 Å². The van der Waals surface area contributed by atoms with Gasteiger partial charge in [0.15, 0.2) is 5.78 Å². The summed E-state index contributed by atoms with van der Waals surface area (Å²) in [5, 5.41) is 14.0. The Kier molecular flexibility index (Phi) is 4.36. The van der Waals surface area contributed by atoms with Crippen LogP contribution in [-0.4, -0.2) is 22.7 Å². The molecular formula is C20H17N3O2. The third kappa shape index (κ3) is 3.02. The van der Waals surface area contributed by atoms with Crippen molar-refractivity contribution in [1.29, 1.82) is 5.26 Å². The molecule has 0 aliphatic heterocycles. The number of rotatable bonds is 4. The third-order valence-corrected chi connectivity index (χ3v) is 3.97. The van der Waals surface area contributed by atoms with Gasteiger partial charge in [-0.05, 0) is 31.2 Å². The van der Waals surface area contributed by atoms with Crippen molar-refractivity contribution in [2.75, 3.05) is 7.11 Å². The summed E-state index contributed by atoms with van der Waals surface area (Å²) in [7, 11) is 1.60. The Hall–Kier alpha value is -3.39. The molecule has 25 heavy (non-hydrogen) atoms. The second-order valence-corrected chi connectivity index (χ2v) is 5.72. The maximum absolute atomic E-state index is 12.0. The molecule has 0 N–H and O–H groups in total. The molecule has 3 aromatic rings. The van der Waals surface area contributed by atoms with E-state index in [1.807, 2.05) is 55.5 Å². The Morgan fingerprint density at radius 1 is 1.12 bits per heavy atom. The highest BCUT2D eigenvalue weighted by Crippen LogP contribution is 2.30. The van der Waals surface area contributed by atoms with Gasteiger partial charge in [0.2, 0.25) is 0 Å². The van der Waals surface area contributed by atoms with E-state index in [4.69, 9.17) is 4.74 Å². The summed E-state index contributed by atoms with van der Waals surface area (Å²) in [5.41, 5.74) is 3.77. The molecule has 0 spiro atoms. The van der Waals surface area contributed by atoms with Crippen LogP contribution in [-0.2, 0) is 0 Å². The molecule has 0 unspecified atom stereocenters. The maximum Gasteiger partial charge on any atom is 0.181 e. The smallest absolute Gasteiger partial charge is 0.181 e. The number of aryl methyl sites for hydroxylation is 1. The molecule has 2 aromatic carbocycles. The molecule has 0 saturated heterocycles. The molecule has 0 saturated carbocycles. The van der Waals surface area contributed by atoms with Gasteiger partial charge in [-0.2, -0.15) is 10.4 Å². The molecule has 5 nitrogen and oxygen atoms in total. The van der Waals surface area contributed by atoms with Crippen LogP contribution in [0, 0.1) is 18.3 Å². The van der Waals surface area contributed by atoms with Crippen LogP contribution in [0.4, 0.5) is 0 Å². The van der Waals surface area contributed by atoms with E-state index in [1.54, 1.807) is 11.8 Å². The molecule has 0 amide bonds. The second-order valence-electron chi connectivity index (χ2n) is 5.72. The van der Waals surface area contributed by atoms with E-state index in [0.29, 0.717) is 5.69 Å². The zero-order chi connectivity index (χ0) is 18.0. The van der Waals surface area contributed by atoms with Crippen LogP contribution in [0.3, 0.4) is 0 Å². The number of hydrogen-bond acceptors (Lipinski definition) is 4. The van der Waals surface area contributed by atoms with Crippen molar-refractivity contribution in [2.45, 2.75) is 13.8 Å². The van der Waals surface area contributed by atoms with Gasteiger partial charge >= 0.3 is 0 Å². The lowest BCUT2D eigenvalue weighted by Crippen LogP contribution is -2.01. The molecule has 3 rings (SSSR count). The largest absolute Gasteiger partial charge is 0.497 e.